The second-order valence-electron chi connectivity index (χ2n) is 4.76. The number of ether oxygens (including phenoxy) is 1. The van der Waals surface area contributed by atoms with E-state index in [2.05, 4.69) is 10.3 Å². The van der Waals surface area contributed by atoms with E-state index >= 15 is 0 Å². The molecule has 0 atom stereocenters. The van der Waals surface area contributed by atoms with Crippen molar-refractivity contribution in [3.8, 4) is 0 Å². The van der Waals surface area contributed by atoms with Gasteiger partial charge in [0.25, 0.3) is 0 Å². The SMILES string of the molecule is CC(C)(C)OC(=O)NCCc1ncc(Cl)cc1Cl. The molecule has 1 N–H and O–H groups in total. The molecule has 0 unspecified atom stereocenters. The minimum Gasteiger partial charge on any atom is -0.444 e. The van der Waals surface area contributed by atoms with Gasteiger partial charge < -0.3 is 10.1 Å². The lowest BCUT2D eigenvalue weighted by molar-refractivity contribution is 0.0528. The predicted octanol–water partition coefficient (Wildman–Crippen LogP) is 3.46. The summed E-state index contributed by atoms with van der Waals surface area (Å²) in [4.78, 5) is 15.5. The summed E-state index contributed by atoms with van der Waals surface area (Å²) < 4.78 is 5.10. The maximum atomic E-state index is 11.4. The molecule has 0 radical (unpaired) electrons. The average Bonchev–Trinajstić information content (AvgIpc) is 2.18. The van der Waals surface area contributed by atoms with Gasteiger partial charge in [-0.05, 0) is 26.8 Å². The van der Waals surface area contributed by atoms with Gasteiger partial charge in [0, 0.05) is 19.2 Å². The Hall–Kier alpha value is -1.000. The molecule has 0 fully saturated rings. The molecule has 0 saturated carbocycles. The van der Waals surface area contributed by atoms with Gasteiger partial charge >= 0.3 is 6.09 Å². The second kappa shape index (κ2) is 6.25. The minimum absolute atomic E-state index is 0.406. The zero-order valence-corrected chi connectivity index (χ0v) is 12.1. The molecule has 18 heavy (non-hydrogen) atoms. The maximum absolute atomic E-state index is 11.4. The zero-order chi connectivity index (χ0) is 13.8. The Kier molecular flexibility index (Phi) is 5.23. The monoisotopic (exact) mass is 290 g/mol. The molecule has 0 aromatic carbocycles. The van der Waals surface area contributed by atoms with E-state index in [4.69, 9.17) is 27.9 Å². The standard InChI is InChI=1S/C12H16Cl2N2O2/c1-12(2,3)18-11(17)15-5-4-10-9(14)6-8(13)7-16-10/h6-7H,4-5H2,1-3H3,(H,15,17). The van der Waals surface area contributed by atoms with Crippen LogP contribution in [0.5, 0.6) is 0 Å². The van der Waals surface area contributed by atoms with Crippen LogP contribution < -0.4 is 5.32 Å². The Morgan fingerprint density at radius 3 is 2.67 bits per heavy atom. The third-order valence-corrected chi connectivity index (χ3v) is 2.45. The molecule has 6 heteroatoms. The molecule has 4 nitrogen and oxygen atoms in total. The van der Waals surface area contributed by atoms with Crippen molar-refractivity contribution in [3.63, 3.8) is 0 Å². The number of rotatable bonds is 3. The molecule has 100 valence electrons. The Bertz CT molecular complexity index is 431. The first-order chi connectivity index (χ1) is 8.28. The van der Waals surface area contributed by atoms with Gasteiger partial charge in [0.1, 0.15) is 5.60 Å². The van der Waals surface area contributed by atoms with Crippen molar-refractivity contribution in [1.29, 1.82) is 0 Å². The number of amides is 1. The lowest BCUT2D eigenvalue weighted by Gasteiger charge is -2.19. The number of nitrogens with zero attached hydrogens (tertiary/aromatic N) is 1. The fourth-order valence-corrected chi connectivity index (χ4v) is 1.70. The number of hydrogen-bond acceptors (Lipinski definition) is 3. The fourth-order valence-electron chi connectivity index (χ4n) is 1.22. The lowest BCUT2D eigenvalue weighted by atomic mass is 10.2. The highest BCUT2D eigenvalue weighted by Crippen LogP contribution is 2.18. The quantitative estimate of drug-likeness (QED) is 0.928. The molecule has 0 saturated heterocycles. The number of hydrogen-bond donors (Lipinski definition) is 1. The van der Waals surface area contributed by atoms with Crippen molar-refractivity contribution < 1.29 is 9.53 Å². The van der Waals surface area contributed by atoms with E-state index in [1.165, 1.54) is 6.20 Å². The summed E-state index contributed by atoms with van der Waals surface area (Å²) in [6.07, 6.45) is 1.60. The van der Waals surface area contributed by atoms with E-state index in [1.54, 1.807) is 6.07 Å². The van der Waals surface area contributed by atoms with E-state index in [-0.39, 0.29) is 0 Å². The van der Waals surface area contributed by atoms with Crippen molar-refractivity contribution in [2.24, 2.45) is 0 Å². The van der Waals surface area contributed by atoms with Crippen LogP contribution in [0.3, 0.4) is 0 Å². The van der Waals surface area contributed by atoms with Crippen LogP contribution in [0.25, 0.3) is 0 Å². The highest BCUT2D eigenvalue weighted by Gasteiger charge is 2.15. The number of aromatic nitrogens is 1. The van der Waals surface area contributed by atoms with Crippen LogP contribution in [0.1, 0.15) is 26.5 Å². The normalized spacial score (nSPS) is 11.2. The molecule has 1 amide bonds. The summed E-state index contributed by atoms with van der Waals surface area (Å²) in [5, 5.41) is 3.62. The number of nitrogens with one attached hydrogen (secondary N) is 1. The molecule has 0 spiro atoms. The predicted molar refractivity (Wildman–Crippen MR) is 72.2 cm³/mol. The van der Waals surface area contributed by atoms with Gasteiger partial charge in [-0.2, -0.15) is 0 Å². The van der Waals surface area contributed by atoms with E-state index in [0.29, 0.717) is 28.7 Å². The molecule has 0 aliphatic heterocycles. The van der Waals surface area contributed by atoms with Crippen molar-refractivity contribution in [1.82, 2.24) is 10.3 Å². The number of carbonyl (C=O) groups is 1. The summed E-state index contributed by atoms with van der Waals surface area (Å²) in [5.41, 5.74) is 0.192. The van der Waals surface area contributed by atoms with Crippen molar-refractivity contribution in [2.45, 2.75) is 32.8 Å². The van der Waals surface area contributed by atoms with Crippen LogP contribution in [-0.2, 0) is 11.2 Å². The molecule has 0 bridgehead atoms. The number of carbonyl (C=O) groups excluding carboxylic acids is 1. The highest BCUT2D eigenvalue weighted by atomic mass is 35.5. The van der Waals surface area contributed by atoms with Crippen LogP contribution >= 0.6 is 23.2 Å². The Morgan fingerprint density at radius 1 is 1.44 bits per heavy atom. The topological polar surface area (TPSA) is 51.2 Å². The van der Waals surface area contributed by atoms with E-state index in [0.717, 1.165) is 0 Å². The molecule has 1 heterocycles. The van der Waals surface area contributed by atoms with E-state index in [9.17, 15) is 4.79 Å². The third-order valence-electron chi connectivity index (χ3n) is 1.91. The van der Waals surface area contributed by atoms with Gasteiger partial charge in [-0.1, -0.05) is 23.2 Å². The van der Waals surface area contributed by atoms with Gasteiger partial charge in [-0.25, -0.2) is 4.79 Å². The molecular formula is C12H16Cl2N2O2. The van der Waals surface area contributed by atoms with Crippen LogP contribution in [0.4, 0.5) is 4.79 Å². The number of halogens is 2. The average molecular weight is 291 g/mol. The van der Waals surface area contributed by atoms with Gasteiger partial charge in [-0.3, -0.25) is 4.98 Å². The summed E-state index contributed by atoms with van der Waals surface area (Å²) in [6, 6.07) is 1.62. The van der Waals surface area contributed by atoms with Crippen LogP contribution in [0.15, 0.2) is 12.3 Å². The fraction of sp³-hybridized carbons (Fsp3) is 0.500. The minimum atomic E-state index is -0.500. The highest BCUT2D eigenvalue weighted by molar-refractivity contribution is 6.34. The van der Waals surface area contributed by atoms with Gasteiger partial charge in [0.2, 0.25) is 0 Å². The van der Waals surface area contributed by atoms with Crippen LogP contribution in [0, 0.1) is 0 Å². The third kappa shape index (κ3) is 5.56. The summed E-state index contributed by atoms with van der Waals surface area (Å²) in [7, 11) is 0. The zero-order valence-electron chi connectivity index (χ0n) is 10.6. The van der Waals surface area contributed by atoms with Crippen molar-refractivity contribution in [2.75, 3.05) is 6.54 Å². The Morgan fingerprint density at radius 2 is 2.11 bits per heavy atom. The van der Waals surface area contributed by atoms with Gasteiger partial charge in [-0.15, -0.1) is 0 Å². The largest absolute Gasteiger partial charge is 0.444 e. The first-order valence-corrected chi connectivity index (χ1v) is 6.30. The molecular weight excluding hydrogens is 275 g/mol. The molecule has 1 rings (SSSR count). The summed E-state index contributed by atoms with van der Waals surface area (Å²) in [5.74, 6) is 0. The maximum Gasteiger partial charge on any atom is 0.407 e. The summed E-state index contributed by atoms with van der Waals surface area (Å²) >= 11 is 11.7. The Labute approximate surface area is 117 Å². The first kappa shape index (κ1) is 15.1. The van der Waals surface area contributed by atoms with Crippen molar-refractivity contribution >= 4 is 29.3 Å². The van der Waals surface area contributed by atoms with Crippen LogP contribution in [-0.4, -0.2) is 23.2 Å². The van der Waals surface area contributed by atoms with Crippen molar-refractivity contribution in [3.05, 3.63) is 28.0 Å². The van der Waals surface area contributed by atoms with Crippen LogP contribution in [0.2, 0.25) is 10.0 Å². The number of alkyl carbamates (subject to hydrolysis) is 1. The molecule has 0 aliphatic rings. The molecule has 1 aromatic heterocycles. The van der Waals surface area contributed by atoms with Gasteiger partial charge in [0.15, 0.2) is 0 Å². The summed E-state index contributed by atoms with van der Waals surface area (Å²) in [6.45, 7) is 5.84. The number of pyridine rings is 1. The Balaban J connectivity index is 2.40. The molecule has 0 aliphatic carbocycles. The first-order valence-electron chi connectivity index (χ1n) is 5.55. The smallest absolute Gasteiger partial charge is 0.407 e. The van der Waals surface area contributed by atoms with E-state index in [1.807, 2.05) is 20.8 Å². The lowest BCUT2D eigenvalue weighted by Crippen LogP contribution is -2.33. The molecule has 1 aromatic rings. The van der Waals surface area contributed by atoms with E-state index < -0.39 is 11.7 Å². The second-order valence-corrected chi connectivity index (χ2v) is 5.60. The van der Waals surface area contributed by atoms with Gasteiger partial charge in [0.05, 0.1) is 15.7 Å².